The van der Waals surface area contributed by atoms with Gasteiger partial charge in [-0.05, 0) is 63.7 Å². The number of aromatic amines is 1. The van der Waals surface area contributed by atoms with Gasteiger partial charge in [0.15, 0.2) is 0 Å². The molecule has 9 heteroatoms. The lowest BCUT2D eigenvalue weighted by Gasteiger charge is -2.30. The predicted molar refractivity (Wildman–Crippen MR) is 157 cm³/mol. The maximum Gasteiger partial charge on any atom is 0.248 e. The Kier molecular flexibility index (Phi) is 8.44. The fourth-order valence-electron chi connectivity index (χ4n) is 4.82. The predicted octanol–water partition coefficient (Wildman–Crippen LogP) is 6.14. The van der Waals surface area contributed by atoms with Gasteiger partial charge in [-0.15, -0.1) is 0 Å². The van der Waals surface area contributed by atoms with E-state index >= 15 is 0 Å². The van der Waals surface area contributed by atoms with Crippen LogP contribution in [0.25, 0.3) is 22.2 Å². The van der Waals surface area contributed by atoms with Gasteiger partial charge in [0.25, 0.3) is 0 Å². The number of likely N-dealkylation sites (N-methyl/N-ethyl adjacent to an activating group) is 1. The van der Waals surface area contributed by atoms with Crippen molar-refractivity contribution in [2.45, 2.75) is 37.8 Å². The first kappa shape index (κ1) is 26.7. The summed E-state index contributed by atoms with van der Waals surface area (Å²) in [5, 5.41) is 7.96. The van der Waals surface area contributed by atoms with Gasteiger partial charge in [-0.2, -0.15) is 0 Å². The second-order valence-corrected chi connectivity index (χ2v) is 10.5. The summed E-state index contributed by atoms with van der Waals surface area (Å²) < 4.78 is 6.29. The number of fused-ring (bicyclic) bond motifs is 1. The van der Waals surface area contributed by atoms with Crippen molar-refractivity contribution in [1.82, 2.24) is 19.9 Å². The van der Waals surface area contributed by atoms with Crippen LogP contribution in [0.4, 0.5) is 11.6 Å². The molecule has 0 radical (unpaired) electrons. The topological polar surface area (TPSA) is 95.2 Å². The normalized spacial score (nSPS) is 17.5. The Labute approximate surface area is 233 Å². The first-order valence-electron chi connectivity index (χ1n) is 13.2. The van der Waals surface area contributed by atoms with E-state index < -0.39 is 0 Å². The van der Waals surface area contributed by atoms with Crippen LogP contribution in [0.5, 0.6) is 5.75 Å². The number of nitrogens with one attached hydrogen (secondary N) is 3. The molecule has 2 aromatic heterocycles. The number of hydrogen-bond acceptors (Lipinski definition) is 6. The van der Waals surface area contributed by atoms with Gasteiger partial charge in [0.1, 0.15) is 11.9 Å². The maximum atomic E-state index is 12.1. The molecule has 4 aromatic rings. The number of amides is 1. The van der Waals surface area contributed by atoms with Crippen molar-refractivity contribution in [3.63, 3.8) is 0 Å². The lowest BCUT2D eigenvalue weighted by Crippen LogP contribution is -2.33. The zero-order valence-electron chi connectivity index (χ0n) is 22.2. The average molecular weight is 545 g/mol. The summed E-state index contributed by atoms with van der Waals surface area (Å²) in [4.78, 5) is 26.6. The van der Waals surface area contributed by atoms with Crippen LogP contribution in [0.1, 0.15) is 25.7 Å². The summed E-state index contributed by atoms with van der Waals surface area (Å²) in [5.74, 6) is 1.19. The fraction of sp³-hybridized carbons (Fsp3) is 0.300. The molecular formula is C30H33ClN6O2. The van der Waals surface area contributed by atoms with Crippen LogP contribution in [-0.2, 0) is 4.79 Å². The first-order chi connectivity index (χ1) is 18.9. The zero-order valence-corrected chi connectivity index (χ0v) is 22.9. The quantitative estimate of drug-likeness (QED) is 0.219. The average Bonchev–Trinajstić information content (AvgIpc) is 3.35. The van der Waals surface area contributed by atoms with Crippen LogP contribution < -0.4 is 15.4 Å². The summed E-state index contributed by atoms with van der Waals surface area (Å²) in [5.41, 5.74) is 3.43. The highest BCUT2D eigenvalue weighted by Crippen LogP contribution is 2.33. The molecule has 1 aliphatic rings. The van der Waals surface area contributed by atoms with Crippen LogP contribution >= 0.6 is 11.6 Å². The van der Waals surface area contributed by atoms with E-state index in [1.807, 2.05) is 73.7 Å². The SMILES string of the molecule is CN(C)CC=CC(=O)Nc1ccc(OC2CCCC(Nc3ncc(Cl)c(-c4c[nH]c5ccccc45)n3)C2)cc1. The van der Waals surface area contributed by atoms with Crippen molar-refractivity contribution in [2.75, 3.05) is 31.3 Å². The number of H-pyrrole nitrogens is 1. The summed E-state index contributed by atoms with van der Waals surface area (Å²) >= 11 is 6.50. The highest BCUT2D eigenvalue weighted by atomic mass is 35.5. The van der Waals surface area contributed by atoms with Crippen molar-refractivity contribution >= 4 is 40.0 Å². The van der Waals surface area contributed by atoms with Crippen molar-refractivity contribution < 1.29 is 9.53 Å². The summed E-state index contributed by atoms with van der Waals surface area (Å²) in [6, 6.07) is 15.8. The van der Waals surface area contributed by atoms with E-state index in [0.29, 0.717) is 23.2 Å². The summed E-state index contributed by atoms with van der Waals surface area (Å²) in [6.45, 7) is 0.715. The summed E-state index contributed by atoms with van der Waals surface area (Å²) in [6.07, 6.45) is 10.9. The Morgan fingerprint density at radius 3 is 2.82 bits per heavy atom. The smallest absolute Gasteiger partial charge is 0.248 e. The van der Waals surface area contributed by atoms with Crippen molar-refractivity contribution in [2.24, 2.45) is 0 Å². The van der Waals surface area contributed by atoms with Gasteiger partial charge >= 0.3 is 0 Å². The summed E-state index contributed by atoms with van der Waals surface area (Å²) in [7, 11) is 3.92. The number of halogens is 1. The van der Waals surface area contributed by atoms with Gasteiger partial charge in [-0.1, -0.05) is 35.9 Å². The Bertz CT molecular complexity index is 1450. The molecule has 1 aliphatic carbocycles. The van der Waals surface area contributed by atoms with Crippen LogP contribution in [0.2, 0.25) is 5.02 Å². The van der Waals surface area contributed by atoms with Gasteiger partial charge in [-0.25, -0.2) is 9.97 Å². The molecule has 2 aromatic carbocycles. The molecule has 0 saturated heterocycles. The Balaban J connectivity index is 1.18. The Morgan fingerprint density at radius 1 is 1.18 bits per heavy atom. The number of hydrogen-bond donors (Lipinski definition) is 3. The monoisotopic (exact) mass is 544 g/mol. The number of rotatable bonds is 9. The second-order valence-electron chi connectivity index (χ2n) is 10.1. The van der Waals surface area contributed by atoms with Crippen molar-refractivity contribution in [3.8, 4) is 17.0 Å². The second kappa shape index (κ2) is 12.3. The van der Waals surface area contributed by atoms with Crippen LogP contribution in [0.3, 0.4) is 0 Å². The van der Waals surface area contributed by atoms with Gasteiger partial charge < -0.3 is 25.3 Å². The molecule has 202 valence electrons. The van der Waals surface area contributed by atoms with E-state index in [1.54, 1.807) is 12.3 Å². The van der Waals surface area contributed by atoms with Crippen molar-refractivity contribution in [1.29, 1.82) is 0 Å². The molecule has 1 amide bonds. The van der Waals surface area contributed by atoms with Crippen LogP contribution in [0.15, 0.2) is 73.1 Å². The molecule has 2 unspecified atom stereocenters. The van der Waals surface area contributed by atoms with E-state index in [0.717, 1.165) is 53.6 Å². The van der Waals surface area contributed by atoms with E-state index in [-0.39, 0.29) is 18.1 Å². The number of anilines is 2. The lowest BCUT2D eigenvalue weighted by molar-refractivity contribution is -0.111. The molecule has 8 nitrogen and oxygen atoms in total. The number of carbonyl (C=O) groups excluding carboxylic acids is 1. The standard InChI is InChI=1S/C30H33ClN6O2/c1-37(2)16-6-11-28(38)34-20-12-14-22(15-13-20)39-23-8-5-7-21(17-23)35-30-33-19-26(31)29(36-30)25-18-32-27-10-4-3-9-24(25)27/h3-4,6,9-15,18-19,21,23,32H,5,7-8,16-17H2,1-2H3,(H,34,38)(H,33,35,36). The minimum Gasteiger partial charge on any atom is -0.490 e. The first-order valence-corrected chi connectivity index (χ1v) is 13.6. The molecule has 39 heavy (non-hydrogen) atoms. The third-order valence-corrected chi connectivity index (χ3v) is 6.99. The lowest BCUT2D eigenvalue weighted by atomic mass is 9.93. The van der Waals surface area contributed by atoms with E-state index in [4.69, 9.17) is 21.3 Å². The van der Waals surface area contributed by atoms with Gasteiger partial charge in [0.05, 0.1) is 16.9 Å². The van der Waals surface area contributed by atoms with E-state index in [9.17, 15) is 4.79 Å². The fourth-order valence-corrected chi connectivity index (χ4v) is 5.02. The Morgan fingerprint density at radius 2 is 2.00 bits per heavy atom. The zero-order chi connectivity index (χ0) is 27.2. The molecular weight excluding hydrogens is 512 g/mol. The maximum absolute atomic E-state index is 12.1. The highest BCUT2D eigenvalue weighted by Gasteiger charge is 2.24. The molecule has 5 rings (SSSR count). The number of benzene rings is 2. The van der Waals surface area contributed by atoms with Crippen LogP contribution in [0, 0.1) is 0 Å². The van der Waals surface area contributed by atoms with E-state index in [2.05, 4.69) is 26.7 Å². The number of carbonyl (C=O) groups is 1. The van der Waals surface area contributed by atoms with Gasteiger partial charge in [0.2, 0.25) is 11.9 Å². The molecule has 1 fully saturated rings. The molecule has 3 N–H and O–H groups in total. The molecule has 0 bridgehead atoms. The molecule has 2 heterocycles. The highest BCUT2D eigenvalue weighted by molar-refractivity contribution is 6.33. The number of aromatic nitrogens is 3. The van der Waals surface area contributed by atoms with Crippen molar-refractivity contribution in [3.05, 3.63) is 78.1 Å². The molecule has 0 aliphatic heterocycles. The number of para-hydroxylation sites is 1. The largest absolute Gasteiger partial charge is 0.490 e. The minimum atomic E-state index is -0.149. The number of ether oxygens (including phenoxy) is 1. The minimum absolute atomic E-state index is 0.0750. The molecule has 2 atom stereocenters. The third-order valence-electron chi connectivity index (χ3n) is 6.71. The van der Waals surface area contributed by atoms with Gasteiger partial charge in [-0.3, -0.25) is 4.79 Å². The molecule has 1 saturated carbocycles. The Hall–Kier alpha value is -3.88. The third kappa shape index (κ3) is 6.96. The molecule has 0 spiro atoms. The van der Waals surface area contributed by atoms with Gasteiger partial charge in [0, 0.05) is 53.4 Å². The number of nitrogens with zero attached hydrogens (tertiary/aromatic N) is 3. The van der Waals surface area contributed by atoms with Crippen LogP contribution in [-0.4, -0.2) is 58.5 Å². The van der Waals surface area contributed by atoms with E-state index in [1.165, 1.54) is 0 Å².